The van der Waals surface area contributed by atoms with E-state index in [1.54, 1.807) is 11.9 Å². The SMILES string of the molecule is CN(Cc1nc2ccsc2c(=O)[nH]1)C(=O)C1CCCC(N)C1. The Morgan fingerprint density at radius 1 is 1.55 bits per heavy atom. The van der Waals surface area contributed by atoms with Gasteiger partial charge in [-0.1, -0.05) is 6.42 Å². The molecule has 1 saturated carbocycles. The largest absolute Gasteiger partial charge is 0.338 e. The average Bonchev–Trinajstić information content (AvgIpc) is 2.95. The second kappa shape index (κ2) is 6.18. The number of hydrogen-bond donors (Lipinski definition) is 2. The second-order valence-electron chi connectivity index (χ2n) is 5.97. The van der Waals surface area contributed by atoms with Crippen LogP contribution in [0.25, 0.3) is 10.2 Å². The number of nitrogens with two attached hydrogens (primary N) is 1. The van der Waals surface area contributed by atoms with Gasteiger partial charge in [-0.05, 0) is 30.7 Å². The number of thiophene rings is 1. The van der Waals surface area contributed by atoms with Crippen molar-refractivity contribution in [3.63, 3.8) is 0 Å². The molecule has 0 radical (unpaired) electrons. The van der Waals surface area contributed by atoms with Gasteiger partial charge >= 0.3 is 0 Å². The minimum Gasteiger partial charge on any atom is -0.338 e. The van der Waals surface area contributed by atoms with Crippen molar-refractivity contribution in [2.24, 2.45) is 11.7 Å². The molecule has 3 N–H and O–H groups in total. The number of H-pyrrole nitrogens is 1. The van der Waals surface area contributed by atoms with Crippen LogP contribution in [0.5, 0.6) is 0 Å². The molecule has 2 aromatic rings. The van der Waals surface area contributed by atoms with E-state index >= 15 is 0 Å². The Balaban J connectivity index is 1.73. The summed E-state index contributed by atoms with van der Waals surface area (Å²) in [6.45, 7) is 0.311. The van der Waals surface area contributed by atoms with Crippen LogP contribution in [0.4, 0.5) is 0 Å². The monoisotopic (exact) mass is 320 g/mol. The molecule has 0 aliphatic heterocycles. The molecule has 118 valence electrons. The molecular weight excluding hydrogens is 300 g/mol. The van der Waals surface area contributed by atoms with Gasteiger partial charge in [-0.3, -0.25) is 9.59 Å². The number of aromatic nitrogens is 2. The standard InChI is InChI=1S/C15H20N4O2S/c1-19(15(21)9-3-2-4-10(16)7-9)8-12-17-11-5-6-22-13(11)14(20)18-12/h5-6,9-10H,2-4,7-8,16H2,1H3,(H,17,18,20). The van der Waals surface area contributed by atoms with Crippen LogP contribution in [0, 0.1) is 5.92 Å². The Morgan fingerprint density at radius 3 is 3.14 bits per heavy atom. The summed E-state index contributed by atoms with van der Waals surface area (Å²) in [5.41, 5.74) is 6.50. The first-order valence-electron chi connectivity index (χ1n) is 7.51. The molecule has 1 fully saturated rings. The lowest BCUT2D eigenvalue weighted by molar-refractivity contribution is -0.136. The van der Waals surface area contributed by atoms with E-state index in [1.165, 1.54) is 11.3 Å². The highest BCUT2D eigenvalue weighted by molar-refractivity contribution is 7.17. The zero-order chi connectivity index (χ0) is 15.7. The summed E-state index contributed by atoms with van der Waals surface area (Å²) in [5, 5.41) is 1.84. The fourth-order valence-electron chi connectivity index (χ4n) is 3.06. The van der Waals surface area contributed by atoms with Crippen molar-refractivity contribution in [3.8, 4) is 0 Å². The number of amides is 1. The summed E-state index contributed by atoms with van der Waals surface area (Å²) < 4.78 is 0.621. The van der Waals surface area contributed by atoms with Crippen LogP contribution in [0.15, 0.2) is 16.2 Å². The Kier molecular flexibility index (Phi) is 4.26. The van der Waals surface area contributed by atoms with Crippen LogP contribution in [0.2, 0.25) is 0 Å². The molecular formula is C15H20N4O2S. The maximum Gasteiger partial charge on any atom is 0.268 e. The van der Waals surface area contributed by atoms with Gasteiger partial charge in [-0.15, -0.1) is 11.3 Å². The summed E-state index contributed by atoms with van der Waals surface area (Å²) in [6, 6.07) is 1.94. The van der Waals surface area contributed by atoms with Gasteiger partial charge < -0.3 is 15.6 Å². The maximum atomic E-state index is 12.5. The molecule has 2 heterocycles. The summed E-state index contributed by atoms with van der Waals surface area (Å²) in [7, 11) is 1.75. The summed E-state index contributed by atoms with van der Waals surface area (Å²) >= 11 is 1.37. The molecule has 6 nitrogen and oxygen atoms in total. The maximum absolute atomic E-state index is 12.5. The lowest BCUT2D eigenvalue weighted by Gasteiger charge is -2.29. The van der Waals surface area contributed by atoms with Gasteiger partial charge in [0.05, 0.1) is 12.1 Å². The molecule has 1 aliphatic carbocycles. The van der Waals surface area contributed by atoms with Gasteiger partial charge in [0, 0.05) is 19.0 Å². The minimum atomic E-state index is -0.143. The van der Waals surface area contributed by atoms with Crippen LogP contribution >= 0.6 is 11.3 Å². The molecule has 2 atom stereocenters. The molecule has 7 heteroatoms. The van der Waals surface area contributed by atoms with Crippen molar-refractivity contribution >= 4 is 27.5 Å². The number of nitrogens with zero attached hydrogens (tertiary/aromatic N) is 2. The number of fused-ring (bicyclic) bond motifs is 1. The number of hydrogen-bond acceptors (Lipinski definition) is 5. The number of aromatic amines is 1. The van der Waals surface area contributed by atoms with Gasteiger partial charge in [0.2, 0.25) is 5.91 Å². The Hall–Kier alpha value is -1.73. The average molecular weight is 320 g/mol. The topological polar surface area (TPSA) is 92.1 Å². The molecule has 2 aromatic heterocycles. The van der Waals surface area contributed by atoms with E-state index in [0.29, 0.717) is 22.6 Å². The molecule has 3 rings (SSSR count). The Labute approximate surface area is 132 Å². The molecule has 0 saturated heterocycles. The zero-order valence-electron chi connectivity index (χ0n) is 12.5. The third kappa shape index (κ3) is 3.05. The fourth-order valence-corrected chi connectivity index (χ4v) is 3.79. The Bertz CT molecular complexity index is 738. The van der Waals surface area contributed by atoms with E-state index in [2.05, 4.69) is 9.97 Å². The van der Waals surface area contributed by atoms with Gasteiger partial charge in [0.1, 0.15) is 10.5 Å². The van der Waals surface area contributed by atoms with Crippen molar-refractivity contribution in [1.82, 2.24) is 14.9 Å². The lowest BCUT2D eigenvalue weighted by atomic mass is 9.85. The molecule has 0 spiro atoms. The third-order valence-electron chi connectivity index (χ3n) is 4.19. The highest BCUT2D eigenvalue weighted by Gasteiger charge is 2.27. The van der Waals surface area contributed by atoms with Crippen molar-refractivity contribution in [2.45, 2.75) is 38.3 Å². The smallest absolute Gasteiger partial charge is 0.268 e. The molecule has 1 aliphatic rings. The highest BCUT2D eigenvalue weighted by atomic mass is 32.1. The molecule has 0 aromatic carbocycles. The summed E-state index contributed by atoms with van der Waals surface area (Å²) in [5.74, 6) is 0.598. The minimum absolute atomic E-state index is 0.00893. The van der Waals surface area contributed by atoms with E-state index < -0.39 is 0 Å². The third-order valence-corrected chi connectivity index (χ3v) is 5.09. The van der Waals surface area contributed by atoms with E-state index in [9.17, 15) is 9.59 Å². The van der Waals surface area contributed by atoms with E-state index in [-0.39, 0.29) is 23.4 Å². The summed E-state index contributed by atoms with van der Waals surface area (Å²) in [4.78, 5) is 33.3. The van der Waals surface area contributed by atoms with Crippen LogP contribution < -0.4 is 11.3 Å². The number of carbonyl (C=O) groups is 1. The quantitative estimate of drug-likeness (QED) is 0.895. The number of rotatable bonds is 3. The number of nitrogens with one attached hydrogen (secondary N) is 1. The van der Waals surface area contributed by atoms with Crippen LogP contribution in [-0.2, 0) is 11.3 Å². The predicted molar refractivity (Wildman–Crippen MR) is 86.6 cm³/mol. The molecule has 22 heavy (non-hydrogen) atoms. The first-order valence-corrected chi connectivity index (χ1v) is 8.39. The fraction of sp³-hybridized carbons (Fsp3) is 0.533. The van der Waals surface area contributed by atoms with Crippen molar-refractivity contribution in [1.29, 1.82) is 0 Å². The van der Waals surface area contributed by atoms with E-state index in [4.69, 9.17) is 5.73 Å². The van der Waals surface area contributed by atoms with Gasteiger partial charge in [0.25, 0.3) is 5.56 Å². The summed E-state index contributed by atoms with van der Waals surface area (Å²) in [6.07, 6.45) is 3.64. The van der Waals surface area contributed by atoms with Crippen LogP contribution in [-0.4, -0.2) is 33.9 Å². The van der Waals surface area contributed by atoms with Gasteiger partial charge in [0.15, 0.2) is 0 Å². The Morgan fingerprint density at radius 2 is 2.36 bits per heavy atom. The number of carbonyl (C=O) groups excluding carboxylic acids is 1. The second-order valence-corrected chi connectivity index (χ2v) is 6.88. The molecule has 0 bridgehead atoms. The van der Waals surface area contributed by atoms with E-state index in [1.807, 2.05) is 11.4 Å². The van der Waals surface area contributed by atoms with Crippen molar-refractivity contribution in [2.75, 3.05) is 7.05 Å². The van der Waals surface area contributed by atoms with E-state index in [0.717, 1.165) is 25.7 Å². The molecule has 2 unspecified atom stereocenters. The first kappa shape index (κ1) is 15.2. The zero-order valence-corrected chi connectivity index (χ0v) is 13.4. The van der Waals surface area contributed by atoms with Crippen LogP contribution in [0.3, 0.4) is 0 Å². The van der Waals surface area contributed by atoms with Crippen molar-refractivity contribution < 1.29 is 4.79 Å². The van der Waals surface area contributed by atoms with Gasteiger partial charge in [-0.25, -0.2) is 4.98 Å². The predicted octanol–water partition coefficient (Wildman–Crippen LogP) is 1.46. The highest BCUT2D eigenvalue weighted by Crippen LogP contribution is 2.25. The van der Waals surface area contributed by atoms with Gasteiger partial charge in [-0.2, -0.15) is 0 Å². The van der Waals surface area contributed by atoms with Crippen LogP contribution in [0.1, 0.15) is 31.5 Å². The lowest BCUT2D eigenvalue weighted by Crippen LogP contribution is -2.39. The molecule has 1 amide bonds. The normalized spacial score (nSPS) is 21.9. The van der Waals surface area contributed by atoms with Crippen molar-refractivity contribution in [3.05, 3.63) is 27.6 Å². The first-order chi connectivity index (χ1) is 10.5.